The Kier molecular flexibility index (Phi) is 8.31. The smallest absolute Gasteiger partial charge is 0.212 e. The molecule has 2 aromatic rings. The molecular weight excluding hydrogens is 392 g/mol. The molecule has 0 aliphatic carbocycles. The van der Waals surface area contributed by atoms with E-state index < -0.39 is 0 Å². The number of halogens is 1. The van der Waals surface area contributed by atoms with E-state index in [4.69, 9.17) is 9.47 Å². The summed E-state index contributed by atoms with van der Waals surface area (Å²) in [6, 6.07) is 8.49. The lowest BCUT2D eigenvalue weighted by Crippen LogP contribution is -2.42. The molecule has 0 amide bonds. The van der Waals surface area contributed by atoms with Crippen LogP contribution in [-0.4, -0.2) is 43.3 Å². The van der Waals surface area contributed by atoms with Crippen molar-refractivity contribution in [3.63, 3.8) is 0 Å². The molecule has 156 valence electrons. The van der Waals surface area contributed by atoms with E-state index >= 15 is 0 Å². The van der Waals surface area contributed by atoms with Crippen LogP contribution in [0, 0.1) is 5.41 Å². The van der Waals surface area contributed by atoms with Gasteiger partial charge in [0.15, 0.2) is 0 Å². The van der Waals surface area contributed by atoms with Crippen LogP contribution >= 0.6 is 23.7 Å². The Morgan fingerprint density at radius 1 is 1.29 bits per heavy atom. The summed E-state index contributed by atoms with van der Waals surface area (Å²) in [6.07, 6.45) is 5.46. The fourth-order valence-corrected chi connectivity index (χ4v) is 4.72. The molecule has 0 N–H and O–H groups in total. The number of aryl methyl sites for hydroxylation is 1. The van der Waals surface area contributed by atoms with Gasteiger partial charge in [-0.15, -0.1) is 23.7 Å². The van der Waals surface area contributed by atoms with E-state index in [9.17, 15) is 0 Å². The number of hydrogen-bond acceptors (Lipinski definition) is 5. The van der Waals surface area contributed by atoms with Gasteiger partial charge < -0.3 is 9.47 Å². The monoisotopic (exact) mass is 424 g/mol. The number of aromatic nitrogens is 1. The summed E-state index contributed by atoms with van der Waals surface area (Å²) < 4.78 is 11.1. The van der Waals surface area contributed by atoms with Crippen molar-refractivity contribution in [2.24, 2.45) is 5.41 Å². The molecule has 0 spiro atoms. The van der Waals surface area contributed by atoms with Gasteiger partial charge in [0.25, 0.3) is 0 Å². The van der Waals surface area contributed by atoms with Gasteiger partial charge in [-0.1, -0.05) is 12.1 Å². The maximum absolute atomic E-state index is 5.94. The van der Waals surface area contributed by atoms with Crippen LogP contribution in [0.3, 0.4) is 0 Å². The van der Waals surface area contributed by atoms with Gasteiger partial charge in [-0.2, -0.15) is 0 Å². The van der Waals surface area contributed by atoms with Crippen LogP contribution < -0.4 is 4.74 Å². The highest BCUT2D eigenvalue weighted by molar-refractivity contribution is 7.09. The number of likely N-dealkylation sites (tertiary alicyclic amines) is 1. The summed E-state index contributed by atoms with van der Waals surface area (Å²) in [5.74, 6) is 0.664. The standard InChI is InChI=1S/C22H32N2O2S.ClH/c1-5-26-17-22(11-10-19-7-6-14-27-19)12-13-24(16-22)21(2,3)18-8-9-20(25-4)23-15-18;/h6-9,14-15H,5,10-13,16-17H2,1-4H3;1H/t22-;/m0./s1. The summed E-state index contributed by atoms with van der Waals surface area (Å²) in [5, 5.41) is 2.17. The van der Waals surface area contributed by atoms with E-state index in [1.165, 1.54) is 23.3 Å². The van der Waals surface area contributed by atoms with Crippen molar-refractivity contribution in [2.75, 3.05) is 33.4 Å². The van der Waals surface area contributed by atoms with E-state index in [0.29, 0.717) is 5.88 Å². The SMILES string of the molecule is CCOC[C@@]1(CCc2cccs2)CCN(C(C)(C)c2ccc(OC)nc2)C1.Cl. The molecule has 1 atom stereocenters. The fourth-order valence-electron chi connectivity index (χ4n) is 4.01. The summed E-state index contributed by atoms with van der Waals surface area (Å²) in [6.45, 7) is 10.5. The minimum absolute atomic E-state index is 0. The highest BCUT2D eigenvalue weighted by atomic mass is 35.5. The van der Waals surface area contributed by atoms with Crippen molar-refractivity contribution in [1.82, 2.24) is 9.88 Å². The van der Waals surface area contributed by atoms with E-state index in [-0.39, 0.29) is 23.4 Å². The minimum atomic E-state index is -0.0594. The lowest BCUT2D eigenvalue weighted by Gasteiger charge is -2.38. The van der Waals surface area contributed by atoms with Crippen molar-refractivity contribution in [1.29, 1.82) is 0 Å². The number of pyridine rings is 1. The number of methoxy groups -OCH3 is 1. The number of nitrogens with zero attached hydrogens (tertiary/aromatic N) is 2. The van der Waals surface area contributed by atoms with E-state index in [1.807, 2.05) is 23.6 Å². The Balaban J connectivity index is 0.00000280. The summed E-state index contributed by atoms with van der Waals surface area (Å²) in [5.41, 5.74) is 1.40. The van der Waals surface area contributed by atoms with E-state index in [2.05, 4.69) is 54.2 Å². The van der Waals surface area contributed by atoms with Crippen LogP contribution in [0.25, 0.3) is 0 Å². The molecule has 6 heteroatoms. The number of hydrogen-bond donors (Lipinski definition) is 0. The van der Waals surface area contributed by atoms with Gasteiger partial charge in [-0.05, 0) is 63.6 Å². The Morgan fingerprint density at radius 2 is 2.11 bits per heavy atom. The molecule has 28 heavy (non-hydrogen) atoms. The topological polar surface area (TPSA) is 34.6 Å². The third kappa shape index (κ3) is 5.26. The van der Waals surface area contributed by atoms with Crippen LogP contribution in [0.5, 0.6) is 5.88 Å². The summed E-state index contributed by atoms with van der Waals surface area (Å²) >= 11 is 1.86. The first kappa shape index (κ1) is 23.1. The maximum Gasteiger partial charge on any atom is 0.212 e. The van der Waals surface area contributed by atoms with Gasteiger partial charge in [-0.25, -0.2) is 4.98 Å². The molecule has 0 unspecified atom stereocenters. The van der Waals surface area contributed by atoms with Crippen LogP contribution in [0.2, 0.25) is 0 Å². The molecule has 0 saturated carbocycles. The first-order valence-electron chi connectivity index (χ1n) is 9.85. The van der Waals surface area contributed by atoms with Crippen molar-refractivity contribution < 1.29 is 9.47 Å². The highest BCUT2D eigenvalue weighted by Crippen LogP contribution is 2.42. The van der Waals surface area contributed by atoms with Crippen molar-refractivity contribution in [2.45, 2.75) is 45.6 Å². The zero-order chi connectivity index (χ0) is 19.3. The third-order valence-electron chi connectivity index (χ3n) is 5.98. The predicted octanol–water partition coefficient (Wildman–Crippen LogP) is 5.17. The van der Waals surface area contributed by atoms with Gasteiger partial charge in [-0.3, -0.25) is 4.90 Å². The molecule has 1 saturated heterocycles. The van der Waals surface area contributed by atoms with Gasteiger partial charge in [0.1, 0.15) is 0 Å². The highest BCUT2D eigenvalue weighted by Gasteiger charge is 2.43. The molecule has 3 heterocycles. The normalized spacial score (nSPS) is 20.1. The van der Waals surface area contributed by atoms with Crippen LogP contribution in [0.15, 0.2) is 35.8 Å². The van der Waals surface area contributed by atoms with Crippen molar-refractivity contribution >= 4 is 23.7 Å². The molecule has 4 nitrogen and oxygen atoms in total. The quantitative estimate of drug-likeness (QED) is 0.556. The minimum Gasteiger partial charge on any atom is -0.481 e. The second-order valence-corrected chi connectivity index (χ2v) is 9.07. The first-order valence-corrected chi connectivity index (χ1v) is 10.7. The third-order valence-corrected chi connectivity index (χ3v) is 6.91. The Morgan fingerprint density at radius 3 is 2.71 bits per heavy atom. The predicted molar refractivity (Wildman–Crippen MR) is 119 cm³/mol. The number of thiophene rings is 1. The van der Waals surface area contributed by atoms with Crippen LogP contribution in [-0.2, 0) is 16.7 Å². The molecule has 1 fully saturated rings. The zero-order valence-electron chi connectivity index (χ0n) is 17.4. The van der Waals surface area contributed by atoms with E-state index in [1.54, 1.807) is 7.11 Å². The maximum atomic E-state index is 5.94. The van der Waals surface area contributed by atoms with Gasteiger partial charge in [0.05, 0.1) is 13.7 Å². The van der Waals surface area contributed by atoms with Gasteiger partial charge in [0, 0.05) is 41.2 Å². The lowest BCUT2D eigenvalue weighted by molar-refractivity contribution is 0.0386. The Bertz CT molecular complexity index is 706. The average Bonchev–Trinajstić information content (AvgIpc) is 3.35. The number of ether oxygens (including phenoxy) is 2. The zero-order valence-corrected chi connectivity index (χ0v) is 19.1. The second-order valence-electron chi connectivity index (χ2n) is 8.04. The molecule has 0 radical (unpaired) electrons. The molecular formula is C22H33ClN2O2S. The molecule has 2 aromatic heterocycles. The number of rotatable bonds is 9. The largest absolute Gasteiger partial charge is 0.481 e. The van der Waals surface area contributed by atoms with Crippen LogP contribution in [0.1, 0.15) is 44.1 Å². The Hall–Kier alpha value is -1.14. The second kappa shape index (κ2) is 10.1. The van der Waals surface area contributed by atoms with E-state index in [0.717, 1.165) is 32.7 Å². The molecule has 1 aliphatic heterocycles. The first-order chi connectivity index (χ1) is 13.0. The Labute approximate surface area is 179 Å². The van der Waals surface area contributed by atoms with Crippen molar-refractivity contribution in [3.8, 4) is 5.88 Å². The lowest BCUT2D eigenvalue weighted by atomic mass is 9.82. The average molecular weight is 425 g/mol. The van der Waals surface area contributed by atoms with Crippen molar-refractivity contribution in [3.05, 3.63) is 46.3 Å². The molecule has 0 aromatic carbocycles. The van der Waals surface area contributed by atoms with Gasteiger partial charge in [0.2, 0.25) is 5.88 Å². The molecule has 1 aliphatic rings. The fraction of sp³-hybridized carbons (Fsp3) is 0.591. The van der Waals surface area contributed by atoms with Crippen LogP contribution in [0.4, 0.5) is 0 Å². The summed E-state index contributed by atoms with van der Waals surface area (Å²) in [4.78, 5) is 8.49. The summed E-state index contributed by atoms with van der Waals surface area (Å²) in [7, 11) is 1.66. The van der Waals surface area contributed by atoms with Gasteiger partial charge >= 0.3 is 0 Å². The molecule has 3 rings (SSSR count). The molecule has 0 bridgehead atoms.